The summed E-state index contributed by atoms with van der Waals surface area (Å²) in [5, 5.41) is 3.87. The highest BCUT2D eigenvalue weighted by molar-refractivity contribution is 5.78. The van der Waals surface area contributed by atoms with Crippen LogP contribution in [0.25, 0.3) is 0 Å². The summed E-state index contributed by atoms with van der Waals surface area (Å²) in [6.07, 6.45) is 6.52. The second-order valence-corrected chi connectivity index (χ2v) is 2.21. The van der Waals surface area contributed by atoms with E-state index in [1.54, 1.807) is 6.21 Å². The molecule has 0 aromatic heterocycles. The van der Waals surface area contributed by atoms with Crippen LogP contribution in [0.1, 0.15) is 6.42 Å². The third-order valence-corrected chi connectivity index (χ3v) is 1.56. The van der Waals surface area contributed by atoms with Crippen LogP contribution >= 0.6 is 0 Å². The summed E-state index contributed by atoms with van der Waals surface area (Å²) in [7, 11) is 0. The fourth-order valence-corrected chi connectivity index (χ4v) is 1.05. The van der Waals surface area contributed by atoms with Gasteiger partial charge in [0, 0.05) is 18.2 Å². The van der Waals surface area contributed by atoms with Gasteiger partial charge in [-0.15, -0.1) is 0 Å². The topological polar surface area (TPSA) is 33.6 Å². The molecule has 3 heteroatoms. The number of hydrogen-bond donors (Lipinski definition) is 1. The molecule has 2 aliphatic heterocycles. The van der Waals surface area contributed by atoms with Gasteiger partial charge >= 0.3 is 0 Å². The maximum atomic E-state index is 5.28. The Balaban J connectivity index is 2.34. The zero-order chi connectivity index (χ0) is 6.81. The van der Waals surface area contributed by atoms with Gasteiger partial charge in [0.2, 0.25) is 0 Å². The lowest BCUT2D eigenvalue weighted by atomic mass is 10.2. The predicted octanol–water partition coefficient (Wildman–Crippen LogP) is 0.763. The zero-order valence-electron chi connectivity index (χ0n) is 5.50. The molecule has 0 radical (unpaired) electrons. The maximum Gasteiger partial charge on any atom is 0.142 e. The molecule has 2 rings (SSSR count). The van der Waals surface area contributed by atoms with Gasteiger partial charge in [-0.05, 0) is 6.08 Å². The van der Waals surface area contributed by atoms with Gasteiger partial charge in [0.25, 0.3) is 0 Å². The van der Waals surface area contributed by atoms with E-state index in [4.69, 9.17) is 4.74 Å². The van der Waals surface area contributed by atoms with E-state index < -0.39 is 0 Å². The van der Waals surface area contributed by atoms with Gasteiger partial charge in [0.15, 0.2) is 0 Å². The van der Waals surface area contributed by atoms with Crippen molar-refractivity contribution in [2.45, 2.75) is 6.42 Å². The van der Waals surface area contributed by atoms with Crippen LogP contribution in [0.3, 0.4) is 0 Å². The number of hydrazone groups is 1. The zero-order valence-corrected chi connectivity index (χ0v) is 5.50. The summed E-state index contributed by atoms with van der Waals surface area (Å²) < 4.78 is 5.28. The minimum absolute atomic E-state index is 0.793. The molecule has 0 aliphatic carbocycles. The molecule has 0 spiro atoms. The molecule has 52 valence electrons. The van der Waals surface area contributed by atoms with Crippen LogP contribution in [0.15, 0.2) is 28.7 Å². The molecule has 0 aromatic carbocycles. The average Bonchev–Trinajstić information content (AvgIpc) is 2.28. The largest absolute Gasteiger partial charge is 0.491 e. The van der Waals surface area contributed by atoms with E-state index in [9.17, 15) is 0 Å². The van der Waals surface area contributed by atoms with E-state index in [-0.39, 0.29) is 0 Å². The average molecular weight is 136 g/mol. The molecule has 0 unspecified atom stereocenters. The van der Waals surface area contributed by atoms with E-state index in [2.05, 4.69) is 10.5 Å². The minimum atomic E-state index is 0.793. The molecule has 0 fully saturated rings. The molecular formula is C7H8N2O. The monoisotopic (exact) mass is 136 g/mol. The smallest absolute Gasteiger partial charge is 0.142 e. The van der Waals surface area contributed by atoms with Gasteiger partial charge in [-0.1, -0.05) is 0 Å². The molecule has 3 nitrogen and oxygen atoms in total. The summed E-state index contributed by atoms with van der Waals surface area (Å²) in [6.45, 7) is 0.793. The highest BCUT2D eigenvalue weighted by Crippen LogP contribution is 2.19. The summed E-state index contributed by atoms with van der Waals surface area (Å²) in [6, 6.07) is 0. The molecule has 0 atom stereocenters. The van der Waals surface area contributed by atoms with Gasteiger partial charge < -0.3 is 4.74 Å². The molecule has 0 aromatic rings. The molecule has 2 aliphatic rings. The highest BCUT2D eigenvalue weighted by Gasteiger charge is 2.12. The third-order valence-electron chi connectivity index (χ3n) is 1.56. The van der Waals surface area contributed by atoms with Gasteiger partial charge in [-0.2, -0.15) is 5.10 Å². The van der Waals surface area contributed by atoms with E-state index in [0.717, 1.165) is 18.8 Å². The van der Waals surface area contributed by atoms with Gasteiger partial charge in [0.1, 0.15) is 5.76 Å². The van der Waals surface area contributed by atoms with Crippen molar-refractivity contribution < 1.29 is 4.74 Å². The highest BCUT2D eigenvalue weighted by atomic mass is 16.5. The van der Waals surface area contributed by atoms with E-state index in [1.807, 2.05) is 12.3 Å². The molecule has 1 N–H and O–H groups in total. The Kier molecular flexibility index (Phi) is 1.20. The quantitative estimate of drug-likeness (QED) is 0.533. The van der Waals surface area contributed by atoms with Crippen molar-refractivity contribution in [3.05, 3.63) is 23.6 Å². The lowest BCUT2D eigenvalue weighted by molar-refractivity contribution is 0.265. The second kappa shape index (κ2) is 2.17. The third kappa shape index (κ3) is 0.795. The van der Waals surface area contributed by atoms with E-state index in [0.29, 0.717) is 0 Å². The Labute approximate surface area is 59.1 Å². The van der Waals surface area contributed by atoms with Crippen molar-refractivity contribution in [1.29, 1.82) is 0 Å². The summed E-state index contributed by atoms with van der Waals surface area (Å²) in [5.41, 5.74) is 3.97. The first-order valence-electron chi connectivity index (χ1n) is 3.28. The van der Waals surface area contributed by atoms with Crippen LogP contribution in [0, 0.1) is 0 Å². The normalized spacial score (nSPS) is 21.6. The van der Waals surface area contributed by atoms with Crippen molar-refractivity contribution in [3.8, 4) is 0 Å². The van der Waals surface area contributed by atoms with E-state index >= 15 is 0 Å². The number of rotatable bonds is 0. The number of allylic oxidation sites excluding steroid dienone is 2. The molecule has 10 heavy (non-hydrogen) atoms. The Morgan fingerprint density at radius 1 is 1.60 bits per heavy atom. The fourth-order valence-electron chi connectivity index (χ4n) is 1.05. The van der Waals surface area contributed by atoms with Crippen molar-refractivity contribution in [2.75, 3.05) is 6.61 Å². The molecule has 0 amide bonds. The first-order valence-corrected chi connectivity index (χ1v) is 3.28. The van der Waals surface area contributed by atoms with Gasteiger partial charge in [-0.25, -0.2) is 0 Å². The lowest BCUT2D eigenvalue weighted by Gasteiger charge is -1.93. The number of nitrogens with one attached hydrogen (secondary N) is 1. The molecule has 0 saturated heterocycles. The number of hydrogen-bond acceptors (Lipinski definition) is 3. The Morgan fingerprint density at radius 2 is 2.60 bits per heavy atom. The van der Waals surface area contributed by atoms with E-state index in [1.165, 1.54) is 5.57 Å². The standard InChI is InChI=1S/C7H8N2O/c1-3-8-9-5-7-6(1)2-4-10-7/h1,3,5,8H,2,4H2. The Morgan fingerprint density at radius 3 is 3.60 bits per heavy atom. The lowest BCUT2D eigenvalue weighted by Crippen LogP contribution is -1.93. The van der Waals surface area contributed by atoms with Crippen LogP contribution in [-0.4, -0.2) is 12.8 Å². The Hall–Kier alpha value is -1.25. The van der Waals surface area contributed by atoms with Crippen molar-refractivity contribution >= 4 is 6.21 Å². The second-order valence-electron chi connectivity index (χ2n) is 2.21. The summed E-state index contributed by atoms with van der Waals surface area (Å²) in [4.78, 5) is 0. The fraction of sp³-hybridized carbons (Fsp3) is 0.286. The van der Waals surface area contributed by atoms with Crippen molar-refractivity contribution in [1.82, 2.24) is 5.43 Å². The summed E-state index contributed by atoms with van der Waals surface area (Å²) >= 11 is 0. The van der Waals surface area contributed by atoms with Crippen LogP contribution in [0.5, 0.6) is 0 Å². The van der Waals surface area contributed by atoms with Crippen LogP contribution in [0.2, 0.25) is 0 Å². The minimum Gasteiger partial charge on any atom is -0.491 e. The maximum absolute atomic E-state index is 5.28. The SMILES string of the molecule is C1=CC2=C(C=NN1)OCC2. The molecule has 2 heterocycles. The van der Waals surface area contributed by atoms with Crippen LogP contribution in [0.4, 0.5) is 0 Å². The molecular weight excluding hydrogens is 128 g/mol. The van der Waals surface area contributed by atoms with Crippen LogP contribution < -0.4 is 5.43 Å². The van der Waals surface area contributed by atoms with Crippen LogP contribution in [-0.2, 0) is 4.74 Å². The first-order chi connectivity index (χ1) is 4.97. The first kappa shape index (κ1) is 5.53. The van der Waals surface area contributed by atoms with Gasteiger partial charge in [-0.3, -0.25) is 5.43 Å². The summed E-state index contributed by atoms with van der Waals surface area (Å²) in [5.74, 6) is 0.904. The molecule has 0 bridgehead atoms. The Bertz CT molecular complexity index is 206. The van der Waals surface area contributed by atoms with Crippen molar-refractivity contribution in [2.24, 2.45) is 5.10 Å². The van der Waals surface area contributed by atoms with Gasteiger partial charge in [0.05, 0.1) is 12.8 Å². The number of nitrogens with zero attached hydrogens (tertiary/aromatic N) is 1. The number of ether oxygens (including phenoxy) is 1. The predicted molar refractivity (Wildman–Crippen MR) is 38.4 cm³/mol. The van der Waals surface area contributed by atoms with Crippen molar-refractivity contribution in [3.63, 3.8) is 0 Å². The molecule has 0 saturated carbocycles.